The Morgan fingerprint density at radius 3 is 2.46 bits per heavy atom. The summed E-state index contributed by atoms with van der Waals surface area (Å²) in [6.07, 6.45) is 14.9. The molecule has 1 aromatic carbocycles. The van der Waals surface area contributed by atoms with Gasteiger partial charge in [-0.1, -0.05) is 41.4 Å². The van der Waals surface area contributed by atoms with Crippen LogP contribution in [0.25, 0.3) is 0 Å². The zero-order valence-electron chi connectivity index (χ0n) is 22.4. The van der Waals surface area contributed by atoms with E-state index in [4.69, 9.17) is 23.2 Å². The first-order valence-corrected chi connectivity index (χ1v) is 15.8. The minimum absolute atomic E-state index is 0.111. The van der Waals surface area contributed by atoms with Crippen LogP contribution in [0.1, 0.15) is 48.6 Å². The van der Waals surface area contributed by atoms with Crippen LogP contribution < -0.4 is 5.32 Å². The zero-order valence-corrected chi connectivity index (χ0v) is 24.8. The summed E-state index contributed by atoms with van der Waals surface area (Å²) in [5.74, 6) is -0.490. The molecule has 4 aliphatic rings. The third-order valence-corrected chi connectivity index (χ3v) is 10.7. The zero-order chi connectivity index (χ0) is 26.9. The Hall–Kier alpha value is -1.90. The fourth-order valence-corrected chi connectivity index (χ4v) is 8.31. The highest BCUT2D eigenvalue weighted by molar-refractivity contribution is 7.09. The molecule has 6 nitrogen and oxygen atoms in total. The van der Waals surface area contributed by atoms with Crippen LogP contribution in [0.4, 0.5) is 0 Å². The van der Waals surface area contributed by atoms with Crippen molar-refractivity contribution in [2.24, 2.45) is 5.92 Å². The molecule has 2 bridgehead atoms. The first-order chi connectivity index (χ1) is 19.0. The van der Waals surface area contributed by atoms with Crippen molar-refractivity contribution in [3.8, 4) is 0 Å². The summed E-state index contributed by atoms with van der Waals surface area (Å²) >= 11 is 15.1. The molecule has 3 fully saturated rings. The van der Waals surface area contributed by atoms with Crippen molar-refractivity contribution >= 4 is 40.4 Å². The van der Waals surface area contributed by atoms with E-state index in [0.29, 0.717) is 16.1 Å². The van der Waals surface area contributed by atoms with Crippen molar-refractivity contribution < 1.29 is 4.79 Å². The highest BCUT2D eigenvalue weighted by Crippen LogP contribution is 2.40. The molecule has 4 aliphatic heterocycles. The average molecular weight is 587 g/mol. The topological polar surface area (TPSA) is 51.7 Å². The Kier molecular flexibility index (Phi) is 8.33. The minimum Gasteiger partial charge on any atom is -0.366 e. The molecule has 208 valence electrons. The van der Waals surface area contributed by atoms with Crippen LogP contribution >= 0.6 is 34.5 Å². The van der Waals surface area contributed by atoms with Gasteiger partial charge in [0.25, 0.3) is 0 Å². The molecule has 1 N–H and O–H groups in total. The SMILES string of the molecule is CN1C2CCC1CC(N1CCN(C(=O)C(c3c(Cl)cccc3Cl)C3C=CNC(CCc4nccs4)=C3)CC1)C2. The highest BCUT2D eigenvalue weighted by atomic mass is 35.5. The summed E-state index contributed by atoms with van der Waals surface area (Å²) in [6, 6.07) is 7.62. The lowest BCUT2D eigenvalue weighted by molar-refractivity contribution is -0.135. The van der Waals surface area contributed by atoms with Crippen LogP contribution in [0.3, 0.4) is 0 Å². The summed E-state index contributed by atoms with van der Waals surface area (Å²) in [5.41, 5.74) is 1.83. The molecule has 39 heavy (non-hydrogen) atoms. The van der Waals surface area contributed by atoms with E-state index in [1.807, 2.05) is 40.9 Å². The number of amides is 1. The van der Waals surface area contributed by atoms with E-state index < -0.39 is 5.92 Å². The Balaban J connectivity index is 1.18. The Labute approximate surface area is 245 Å². The van der Waals surface area contributed by atoms with Gasteiger partial charge in [-0.15, -0.1) is 11.3 Å². The molecule has 4 unspecified atom stereocenters. The summed E-state index contributed by atoms with van der Waals surface area (Å²) < 4.78 is 0. The number of carbonyl (C=O) groups is 1. The lowest BCUT2D eigenvalue weighted by atomic mass is 9.82. The quantitative estimate of drug-likeness (QED) is 0.461. The normalized spacial score (nSPS) is 28.3. The summed E-state index contributed by atoms with van der Waals surface area (Å²) in [7, 11) is 2.29. The van der Waals surface area contributed by atoms with Crippen LogP contribution in [-0.2, 0) is 11.2 Å². The van der Waals surface area contributed by atoms with Gasteiger partial charge >= 0.3 is 0 Å². The fourth-order valence-electron chi connectivity index (χ4n) is 7.06. The van der Waals surface area contributed by atoms with Gasteiger partial charge < -0.3 is 15.1 Å². The lowest BCUT2D eigenvalue weighted by Gasteiger charge is -2.45. The molecule has 6 rings (SSSR count). The van der Waals surface area contributed by atoms with Crippen molar-refractivity contribution in [1.29, 1.82) is 0 Å². The number of fused-ring (bicyclic) bond motifs is 2. The van der Waals surface area contributed by atoms with E-state index in [1.165, 1.54) is 25.7 Å². The number of hydrogen-bond donors (Lipinski definition) is 1. The number of benzene rings is 1. The first-order valence-electron chi connectivity index (χ1n) is 14.2. The molecular formula is C30H37Cl2N5OS. The van der Waals surface area contributed by atoms with Gasteiger partial charge in [0.15, 0.2) is 0 Å². The second-order valence-electron chi connectivity index (χ2n) is 11.3. The second-order valence-corrected chi connectivity index (χ2v) is 13.1. The van der Waals surface area contributed by atoms with Gasteiger partial charge in [0, 0.05) is 89.5 Å². The maximum atomic E-state index is 14.3. The van der Waals surface area contributed by atoms with Crippen LogP contribution in [0.5, 0.6) is 0 Å². The van der Waals surface area contributed by atoms with E-state index in [-0.39, 0.29) is 11.8 Å². The van der Waals surface area contributed by atoms with Gasteiger partial charge in [-0.05, 0) is 57.5 Å². The highest BCUT2D eigenvalue weighted by Gasteiger charge is 2.42. The monoisotopic (exact) mass is 585 g/mol. The Morgan fingerprint density at radius 1 is 1.08 bits per heavy atom. The van der Waals surface area contributed by atoms with Gasteiger partial charge in [0.1, 0.15) is 0 Å². The lowest BCUT2D eigenvalue weighted by Crippen LogP contribution is -2.56. The molecule has 4 atom stereocenters. The Morgan fingerprint density at radius 2 is 1.79 bits per heavy atom. The number of hydrogen-bond acceptors (Lipinski definition) is 6. The summed E-state index contributed by atoms with van der Waals surface area (Å²) in [6.45, 7) is 3.35. The number of nitrogens with zero attached hydrogens (tertiary/aromatic N) is 4. The molecule has 3 saturated heterocycles. The van der Waals surface area contributed by atoms with Crippen LogP contribution in [0.2, 0.25) is 10.0 Å². The number of rotatable bonds is 7. The van der Waals surface area contributed by atoms with Crippen molar-refractivity contribution in [2.45, 2.75) is 62.6 Å². The number of thiazole rings is 1. The van der Waals surface area contributed by atoms with Crippen LogP contribution in [0, 0.1) is 5.92 Å². The number of halogens is 2. The largest absolute Gasteiger partial charge is 0.366 e. The number of dihydropyridines is 1. The van der Waals surface area contributed by atoms with Gasteiger partial charge in [0.2, 0.25) is 5.91 Å². The molecule has 5 heterocycles. The number of piperazine rings is 1. The van der Waals surface area contributed by atoms with Gasteiger partial charge in [0.05, 0.1) is 10.9 Å². The molecule has 0 spiro atoms. The maximum absolute atomic E-state index is 14.3. The first kappa shape index (κ1) is 27.3. The third-order valence-electron chi connectivity index (χ3n) is 9.25. The summed E-state index contributed by atoms with van der Waals surface area (Å²) in [4.78, 5) is 26.0. The van der Waals surface area contributed by atoms with Gasteiger partial charge in [-0.25, -0.2) is 4.98 Å². The minimum atomic E-state index is -0.467. The van der Waals surface area contributed by atoms with E-state index in [0.717, 1.165) is 67.4 Å². The molecular weight excluding hydrogens is 549 g/mol. The molecule has 9 heteroatoms. The standard InChI is InChI=1S/C30H37Cl2N5OS/c1-35-22-6-7-23(35)19-24(18-22)36-12-14-37(15-13-36)30(38)28(29-25(31)3-2-4-26(29)32)20-9-10-33-21(17-20)5-8-27-34-11-16-39-27/h2-4,9-11,16-17,20,22-24,28,33H,5-8,12-15,18-19H2,1H3. The van der Waals surface area contributed by atoms with Gasteiger partial charge in [-0.3, -0.25) is 9.69 Å². The fraction of sp³-hybridized carbons (Fsp3) is 0.533. The van der Waals surface area contributed by atoms with Crippen molar-refractivity contribution in [1.82, 2.24) is 25.0 Å². The number of carbonyl (C=O) groups excluding carboxylic acids is 1. The van der Waals surface area contributed by atoms with E-state index >= 15 is 0 Å². The van der Waals surface area contributed by atoms with Crippen molar-refractivity contribution in [2.75, 3.05) is 33.2 Å². The van der Waals surface area contributed by atoms with E-state index in [9.17, 15) is 4.79 Å². The van der Waals surface area contributed by atoms with Crippen molar-refractivity contribution in [3.63, 3.8) is 0 Å². The van der Waals surface area contributed by atoms with Crippen LogP contribution in [-0.4, -0.2) is 76.9 Å². The van der Waals surface area contributed by atoms with Gasteiger partial charge in [-0.2, -0.15) is 0 Å². The second kappa shape index (κ2) is 11.9. The van der Waals surface area contributed by atoms with E-state index in [2.05, 4.69) is 39.3 Å². The molecule has 1 amide bonds. The van der Waals surface area contributed by atoms with Crippen LogP contribution in [0.15, 0.2) is 53.8 Å². The van der Waals surface area contributed by atoms with Crippen molar-refractivity contribution in [3.05, 3.63) is 74.4 Å². The van der Waals surface area contributed by atoms with E-state index in [1.54, 1.807) is 11.3 Å². The Bertz CT molecular complexity index is 1190. The molecule has 0 aliphatic carbocycles. The molecule has 2 aromatic rings. The molecule has 1 aromatic heterocycles. The number of allylic oxidation sites excluding steroid dienone is 3. The predicted octanol–water partition coefficient (Wildman–Crippen LogP) is 5.55. The predicted molar refractivity (Wildman–Crippen MR) is 159 cm³/mol. The smallest absolute Gasteiger partial charge is 0.231 e. The number of piperidine rings is 1. The summed E-state index contributed by atoms with van der Waals surface area (Å²) in [5, 5.41) is 7.59. The maximum Gasteiger partial charge on any atom is 0.231 e. The number of aryl methyl sites for hydroxylation is 1. The molecule has 0 radical (unpaired) electrons. The molecule has 0 saturated carbocycles. The number of aromatic nitrogens is 1. The third kappa shape index (κ3) is 5.80. The average Bonchev–Trinajstić information content (AvgIpc) is 3.53. The number of nitrogens with one attached hydrogen (secondary N) is 1.